The van der Waals surface area contributed by atoms with E-state index in [0.29, 0.717) is 32.1 Å². The minimum absolute atomic E-state index is 0.0234. The highest BCUT2D eigenvalue weighted by atomic mass is 16.5. The van der Waals surface area contributed by atoms with Crippen molar-refractivity contribution in [3.05, 3.63) is 42.0 Å². The van der Waals surface area contributed by atoms with E-state index in [1.807, 2.05) is 12.1 Å². The van der Waals surface area contributed by atoms with Gasteiger partial charge in [0.05, 0.1) is 13.2 Å². The number of carbonyl (C=O) groups excluding carboxylic acids is 2. The van der Waals surface area contributed by atoms with Gasteiger partial charge in [0.2, 0.25) is 0 Å². The Morgan fingerprint density at radius 1 is 0.833 bits per heavy atom. The van der Waals surface area contributed by atoms with Crippen LogP contribution in [-0.4, -0.2) is 37.9 Å². The van der Waals surface area contributed by atoms with Gasteiger partial charge in [-0.15, -0.1) is 0 Å². The van der Waals surface area contributed by atoms with Crippen molar-refractivity contribution in [2.24, 2.45) is 5.92 Å². The first-order valence-corrected chi connectivity index (χ1v) is 17.1. The van der Waals surface area contributed by atoms with E-state index in [9.17, 15) is 9.59 Å². The van der Waals surface area contributed by atoms with Gasteiger partial charge in [-0.2, -0.15) is 0 Å². The van der Waals surface area contributed by atoms with Crippen molar-refractivity contribution < 1.29 is 23.8 Å². The standard InChI is InChI=1S/C36H59NO5/c1-3-5-6-7-8-9-10-11-12-13-14-15-16-17-18-23-35(38)42-34-22-20-19-21-32(34)30-31-24-26-33(27-25-31)41-29-28-37-36(39)40-4-2/h11-12,24-27,32,34H,3-10,13-23,28-30H2,1-2H3,(H,37,39)/b12-11+/t32-,34-/m0/s1. The molecular weight excluding hydrogens is 526 g/mol. The fraction of sp³-hybridized carbons (Fsp3) is 0.722. The number of allylic oxidation sites excluding steroid dienone is 2. The Morgan fingerprint density at radius 3 is 2.17 bits per heavy atom. The summed E-state index contributed by atoms with van der Waals surface area (Å²) in [4.78, 5) is 23.9. The lowest BCUT2D eigenvalue weighted by Gasteiger charge is -2.31. The average Bonchev–Trinajstić information content (AvgIpc) is 2.99. The van der Waals surface area contributed by atoms with Crippen LogP contribution in [0.25, 0.3) is 0 Å². The summed E-state index contributed by atoms with van der Waals surface area (Å²) in [6, 6.07) is 8.12. The smallest absolute Gasteiger partial charge is 0.407 e. The zero-order valence-electron chi connectivity index (χ0n) is 26.7. The summed E-state index contributed by atoms with van der Waals surface area (Å²) in [5.41, 5.74) is 1.23. The Bertz CT molecular complexity index is 853. The maximum Gasteiger partial charge on any atom is 0.407 e. The molecule has 2 atom stereocenters. The van der Waals surface area contributed by atoms with Crippen LogP contribution in [0, 0.1) is 5.92 Å². The van der Waals surface area contributed by atoms with Crippen LogP contribution in [0.5, 0.6) is 5.75 Å². The zero-order valence-corrected chi connectivity index (χ0v) is 26.7. The quantitative estimate of drug-likeness (QED) is 0.0786. The van der Waals surface area contributed by atoms with Crippen LogP contribution < -0.4 is 10.1 Å². The van der Waals surface area contributed by atoms with E-state index in [-0.39, 0.29) is 12.1 Å². The van der Waals surface area contributed by atoms with Crippen LogP contribution in [0.4, 0.5) is 4.79 Å². The molecule has 0 unspecified atom stereocenters. The summed E-state index contributed by atoms with van der Waals surface area (Å²) >= 11 is 0. The van der Waals surface area contributed by atoms with Crippen LogP contribution in [0.15, 0.2) is 36.4 Å². The summed E-state index contributed by atoms with van der Waals surface area (Å²) in [6.45, 7) is 5.18. The van der Waals surface area contributed by atoms with E-state index in [0.717, 1.165) is 44.3 Å². The fourth-order valence-corrected chi connectivity index (χ4v) is 5.66. The number of nitrogens with one attached hydrogen (secondary N) is 1. The molecule has 42 heavy (non-hydrogen) atoms. The Kier molecular flexibility index (Phi) is 20.4. The van der Waals surface area contributed by atoms with Gasteiger partial charge in [0.1, 0.15) is 18.5 Å². The highest BCUT2D eigenvalue weighted by molar-refractivity contribution is 5.69. The highest BCUT2D eigenvalue weighted by Gasteiger charge is 2.28. The number of carbonyl (C=O) groups is 2. The second-order valence-corrected chi connectivity index (χ2v) is 11.8. The largest absolute Gasteiger partial charge is 0.492 e. The van der Waals surface area contributed by atoms with Gasteiger partial charge in [0.15, 0.2) is 0 Å². The molecule has 1 aromatic carbocycles. The summed E-state index contributed by atoms with van der Waals surface area (Å²) in [5, 5.41) is 2.65. The first-order valence-electron chi connectivity index (χ1n) is 17.1. The molecule has 0 radical (unpaired) electrons. The van der Waals surface area contributed by atoms with Gasteiger partial charge in [0.25, 0.3) is 0 Å². The third-order valence-corrected chi connectivity index (χ3v) is 8.10. The van der Waals surface area contributed by atoms with E-state index >= 15 is 0 Å². The molecule has 6 nitrogen and oxygen atoms in total. The molecule has 0 aliphatic heterocycles. The molecule has 2 rings (SSSR count). The molecule has 1 amide bonds. The molecule has 0 heterocycles. The molecule has 1 aliphatic rings. The van der Waals surface area contributed by atoms with E-state index < -0.39 is 6.09 Å². The predicted molar refractivity (Wildman–Crippen MR) is 172 cm³/mol. The van der Waals surface area contributed by atoms with Crippen molar-refractivity contribution in [3.8, 4) is 5.75 Å². The normalized spacial score (nSPS) is 16.8. The molecular formula is C36H59NO5. The Morgan fingerprint density at radius 2 is 1.48 bits per heavy atom. The Balaban J connectivity index is 1.54. The van der Waals surface area contributed by atoms with Gasteiger partial charge < -0.3 is 19.5 Å². The monoisotopic (exact) mass is 585 g/mol. The first kappa shape index (κ1) is 35.7. The number of alkyl carbamates (subject to hydrolysis) is 1. The number of hydrogen-bond donors (Lipinski definition) is 1. The van der Waals surface area contributed by atoms with Gasteiger partial charge in [-0.25, -0.2) is 4.79 Å². The van der Waals surface area contributed by atoms with Gasteiger partial charge in [-0.1, -0.05) is 89.0 Å². The number of hydrogen-bond acceptors (Lipinski definition) is 5. The third kappa shape index (κ3) is 17.5. The number of ether oxygens (including phenoxy) is 3. The van der Waals surface area contributed by atoms with Crippen molar-refractivity contribution >= 4 is 12.1 Å². The molecule has 0 spiro atoms. The third-order valence-electron chi connectivity index (χ3n) is 8.10. The van der Waals surface area contributed by atoms with Gasteiger partial charge >= 0.3 is 12.1 Å². The minimum atomic E-state index is -0.424. The van der Waals surface area contributed by atoms with Crippen molar-refractivity contribution in [1.29, 1.82) is 0 Å². The molecule has 0 bridgehead atoms. The minimum Gasteiger partial charge on any atom is -0.492 e. The van der Waals surface area contributed by atoms with Gasteiger partial charge in [0, 0.05) is 6.42 Å². The SMILES string of the molecule is CCCCCCCC/C=C/CCCCCCCC(=O)O[C@H]1CCCC[C@H]1Cc1ccc(OCCNC(=O)OCC)cc1. The van der Waals surface area contributed by atoms with Crippen molar-refractivity contribution in [3.63, 3.8) is 0 Å². The van der Waals surface area contributed by atoms with Crippen molar-refractivity contribution in [1.82, 2.24) is 5.32 Å². The summed E-state index contributed by atoms with van der Waals surface area (Å²) < 4.78 is 16.6. The topological polar surface area (TPSA) is 73.9 Å². The van der Waals surface area contributed by atoms with Crippen LogP contribution in [-0.2, 0) is 20.7 Å². The maximum absolute atomic E-state index is 12.6. The molecule has 1 fully saturated rings. The van der Waals surface area contributed by atoms with Gasteiger partial charge in [-0.05, 0) is 88.3 Å². The Hall–Kier alpha value is -2.50. The number of amides is 1. The average molecular weight is 586 g/mol. The predicted octanol–water partition coefficient (Wildman–Crippen LogP) is 9.49. The molecule has 1 saturated carbocycles. The second kappa shape index (κ2) is 24.0. The van der Waals surface area contributed by atoms with Crippen LogP contribution in [0.1, 0.15) is 135 Å². The lowest BCUT2D eigenvalue weighted by Crippen LogP contribution is -2.31. The molecule has 1 N–H and O–H groups in total. The summed E-state index contributed by atoms with van der Waals surface area (Å²) in [7, 11) is 0. The Labute approximate surface area is 256 Å². The lowest BCUT2D eigenvalue weighted by atomic mass is 9.82. The van der Waals surface area contributed by atoms with Crippen LogP contribution in [0.3, 0.4) is 0 Å². The fourth-order valence-electron chi connectivity index (χ4n) is 5.66. The molecule has 1 aromatic rings. The van der Waals surface area contributed by atoms with Crippen LogP contribution >= 0.6 is 0 Å². The van der Waals surface area contributed by atoms with E-state index in [1.165, 1.54) is 82.6 Å². The second-order valence-electron chi connectivity index (χ2n) is 11.8. The molecule has 6 heteroatoms. The molecule has 0 aromatic heterocycles. The number of rotatable bonds is 23. The molecule has 238 valence electrons. The van der Waals surface area contributed by atoms with Gasteiger partial charge in [-0.3, -0.25) is 4.79 Å². The number of benzene rings is 1. The molecule has 1 aliphatic carbocycles. The van der Waals surface area contributed by atoms with Crippen molar-refractivity contribution in [2.75, 3.05) is 19.8 Å². The number of unbranched alkanes of at least 4 members (excludes halogenated alkanes) is 11. The van der Waals surface area contributed by atoms with E-state index in [4.69, 9.17) is 14.2 Å². The maximum atomic E-state index is 12.6. The highest BCUT2D eigenvalue weighted by Crippen LogP contribution is 2.30. The summed E-state index contributed by atoms with van der Waals surface area (Å²) in [5.74, 6) is 1.12. The number of esters is 1. The zero-order chi connectivity index (χ0) is 30.1. The van der Waals surface area contributed by atoms with Crippen molar-refractivity contribution in [2.45, 2.75) is 142 Å². The van der Waals surface area contributed by atoms with E-state index in [1.54, 1.807) is 6.92 Å². The van der Waals surface area contributed by atoms with Crippen LogP contribution in [0.2, 0.25) is 0 Å². The lowest BCUT2D eigenvalue weighted by molar-refractivity contribution is -0.153. The first-order chi connectivity index (χ1) is 20.6. The van der Waals surface area contributed by atoms with E-state index in [2.05, 4.69) is 36.5 Å². The molecule has 0 saturated heterocycles. The summed E-state index contributed by atoms with van der Waals surface area (Å²) in [6.07, 6.45) is 26.5.